The third kappa shape index (κ3) is 5.14. The molecule has 59 heavy (non-hydrogen) atoms. The fourth-order valence-corrected chi connectivity index (χ4v) is 9.38. The Hall–Kier alpha value is -7.63. The molecular weight excluding hydrogens is 721 g/mol. The highest BCUT2D eigenvalue weighted by atomic mass is 16.3. The summed E-state index contributed by atoms with van der Waals surface area (Å²) >= 11 is 0. The van der Waals surface area contributed by atoms with Crippen LogP contribution < -0.4 is 0 Å². The van der Waals surface area contributed by atoms with Gasteiger partial charge in [0.15, 0.2) is 11.6 Å². The molecule has 0 aliphatic heterocycles. The van der Waals surface area contributed by atoms with E-state index in [0.717, 1.165) is 66.0 Å². The van der Waals surface area contributed by atoms with Crippen LogP contribution in [0.2, 0.25) is 0 Å². The molecule has 3 aromatic heterocycles. The largest absolute Gasteiger partial charge is 0.456 e. The van der Waals surface area contributed by atoms with E-state index in [0.29, 0.717) is 17.6 Å². The minimum Gasteiger partial charge on any atom is -0.456 e. The minimum absolute atomic E-state index is 0.0775. The van der Waals surface area contributed by atoms with Gasteiger partial charge < -0.3 is 4.42 Å². The first-order valence-electron chi connectivity index (χ1n) is 20.1. The summed E-state index contributed by atoms with van der Waals surface area (Å²) in [5.74, 6) is 1.72. The molecule has 278 valence electrons. The molecule has 0 spiro atoms. The van der Waals surface area contributed by atoms with Gasteiger partial charge in [0, 0.05) is 43.7 Å². The van der Waals surface area contributed by atoms with E-state index >= 15 is 0 Å². The number of fused-ring (bicyclic) bond motifs is 9. The van der Waals surface area contributed by atoms with Crippen molar-refractivity contribution < 1.29 is 4.42 Å². The van der Waals surface area contributed by atoms with E-state index in [9.17, 15) is 0 Å². The molecular formula is C54H36N4O. The molecule has 0 amide bonds. The number of hydrogen-bond donors (Lipinski definition) is 0. The van der Waals surface area contributed by atoms with Crippen LogP contribution in [0.15, 0.2) is 186 Å². The highest BCUT2D eigenvalue weighted by Gasteiger charge is 2.35. The Bertz CT molecular complexity index is 3480. The Morgan fingerprint density at radius 1 is 0.407 bits per heavy atom. The van der Waals surface area contributed by atoms with Gasteiger partial charge in [-0.25, -0.2) is 4.98 Å². The van der Waals surface area contributed by atoms with Gasteiger partial charge >= 0.3 is 0 Å². The third-order valence-corrected chi connectivity index (χ3v) is 12.3. The van der Waals surface area contributed by atoms with Crippen LogP contribution in [-0.2, 0) is 5.41 Å². The van der Waals surface area contributed by atoms with Crippen molar-refractivity contribution in [2.24, 2.45) is 0 Å². The summed E-state index contributed by atoms with van der Waals surface area (Å²) in [6.45, 7) is 4.68. The van der Waals surface area contributed by atoms with Gasteiger partial charge in [0.25, 0.3) is 0 Å². The SMILES string of the molecule is CC1(C)c2ccccc2-c2ccc(-c3cccc(-c4cccc5c6ccccc6n(-c6nc(-c7ccccc7)nc(-c7ccc8c(c7)oc7ccccc78)n6)c45)c3)cc21. The van der Waals surface area contributed by atoms with Crippen molar-refractivity contribution in [2.45, 2.75) is 19.3 Å². The molecule has 0 fully saturated rings. The average molecular weight is 757 g/mol. The fourth-order valence-electron chi connectivity index (χ4n) is 9.38. The molecule has 1 aliphatic carbocycles. The molecule has 0 N–H and O–H groups in total. The highest BCUT2D eigenvalue weighted by Crippen LogP contribution is 2.50. The number of para-hydroxylation sites is 3. The average Bonchev–Trinajstić information content (AvgIpc) is 3.91. The number of nitrogens with zero attached hydrogens (tertiary/aromatic N) is 4. The zero-order chi connectivity index (χ0) is 39.2. The smallest absolute Gasteiger partial charge is 0.238 e. The summed E-state index contributed by atoms with van der Waals surface area (Å²) in [5, 5.41) is 4.41. The van der Waals surface area contributed by atoms with E-state index < -0.39 is 0 Å². The van der Waals surface area contributed by atoms with Crippen molar-refractivity contribution in [3.05, 3.63) is 193 Å². The van der Waals surface area contributed by atoms with E-state index in [1.54, 1.807) is 0 Å². The lowest BCUT2D eigenvalue weighted by atomic mass is 9.81. The van der Waals surface area contributed by atoms with Crippen molar-refractivity contribution >= 4 is 43.7 Å². The summed E-state index contributed by atoms with van der Waals surface area (Å²) in [5.41, 5.74) is 15.4. The first-order valence-corrected chi connectivity index (χ1v) is 20.1. The van der Waals surface area contributed by atoms with Gasteiger partial charge in [0.1, 0.15) is 11.2 Å². The summed E-state index contributed by atoms with van der Waals surface area (Å²) in [7, 11) is 0. The van der Waals surface area contributed by atoms with Crippen LogP contribution in [-0.4, -0.2) is 19.5 Å². The second-order valence-electron chi connectivity index (χ2n) is 16.0. The monoisotopic (exact) mass is 756 g/mol. The van der Waals surface area contributed by atoms with E-state index in [1.165, 1.54) is 33.4 Å². The normalized spacial score (nSPS) is 13.1. The molecule has 0 atom stereocenters. The van der Waals surface area contributed by atoms with E-state index in [2.05, 4.69) is 146 Å². The van der Waals surface area contributed by atoms with E-state index in [-0.39, 0.29) is 5.41 Å². The Morgan fingerprint density at radius 2 is 1.03 bits per heavy atom. The second kappa shape index (κ2) is 12.7. The van der Waals surface area contributed by atoms with Gasteiger partial charge in [-0.1, -0.05) is 159 Å². The van der Waals surface area contributed by atoms with Crippen LogP contribution in [0.5, 0.6) is 0 Å². The number of furan rings is 1. The first kappa shape index (κ1) is 33.5. The van der Waals surface area contributed by atoms with Crippen LogP contribution in [0.3, 0.4) is 0 Å². The van der Waals surface area contributed by atoms with Gasteiger partial charge in [-0.15, -0.1) is 0 Å². The first-order chi connectivity index (χ1) is 29.0. The van der Waals surface area contributed by atoms with Gasteiger partial charge in [-0.05, 0) is 75.3 Å². The van der Waals surface area contributed by atoms with Gasteiger partial charge in [0.2, 0.25) is 5.95 Å². The zero-order valence-electron chi connectivity index (χ0n) is 32.5. The van der Waals surface area contributed by atoms with E-state index in [1.807, 2.05) is 54.6 Å². The van der Waals surface area contributed by atoms with Crippen molar-refractivity contribution in [3.8, 4) is 62.1 Å². The Labute approximate surface area is 340 Å². The molecule has 1 aliphatic rings. The topological polar surface area (TPSA) is 56.7 Å². The van der Waals surface area contributed by atoms with Crippen LogP contribution >= 0.6 is 0 Å². The quantitative estimate of drug-likeness (QED) is 0.175. The summed E-state index contributed by atoms with van der Waals surface area (Å²) in [6.07, 6.45) is 0. The van der Waals surface area contributed by atoms with Crippen LogP contribution in [0.1, 0.15) is 25.0 Å². The van der Waals surface area contributed by atoms with E-state index in [4.69, 9.17) is 19.4 Å². The molecule has 0 unspecified atom stereocenters. The maximum absolute atomic E-state index is 6.32. The molecule has 0 saturated carbocycles. The molecule has 5 nitrogen and oxygen atoms in total. The summed E-state index contributed by atoms with van der Waals surface area (Å²) in [6, 6.07) is 64.4. The third-order valence-electron chi connectivity index (χ3n) is 12.3. The van der Waals surface area contributed by atoms with Gasteiger partial charge in [0.05, 0.1) is 11.0 Å². The fraction of sp³-hybridized carbons (Fsp3) is 0.0556. The highest BCUT2D eigenvalue weighted by molar-refractivity contribution is 6.14. The number of hydrogen-bond acceptors (Lipinski definition) is 4. The second-order valence-corrected chi connectivity index (χ2v) is 16.0. The van der Waals surface area contributed by atoms with Crippen molar-refractivity contribution in [1.82, 2.24) is 19.5 Å². The predicted molar refractivity (Wildman–Crippen MR) is 241 cm³/mol. The molecule has 5 heteroatoms. The van der Waals surface area contributed by atoms with Gasteiger partial charge in [-0.2, -0.15) is 9.97 Å². The van der Waals surface area contributed by atoms with Crippen molar-refractivity contribution in [2.75, 3.05) is 0 Å². The number of rotatable bonds is 5. The van der Waals surface area contributed by atoms with Crippen LogP contribution in [0, 0.1) is 0 Å². The van der Waals surface area contributed by atoms with Gasteiger partial charge in [-0.3, -0.25) is 4.57 Å². The van der Waals surface area contributed by atoms with Crippen molar-refractivity contribution in [3.63, 3.8) is 0 Å². The predicted octanol–water partition coefficient (Wildman–Crippen LogP) is 13.8. The van der Waals surface area contributed by atoms with Crippen molar-refractivity contribution in [1.29, 1.82) is 0 Å². The van der Waals surface area contributed by atoms with Crippen LogP contribution in [0.25, 0.3) is 106 Å². The molecule has 12 rings (SSSR count). The lowest BCUT2D eigenvalue weighted by Gasteiger charge is -2.22. The molecule has 11 aromatic rings. The molecule has 0 saturated heterocycles. The summed E-state index contributed by atoms with van der Waals surface area (Å²) < 4.78 is 8.55. The Morgan fingerprint density at radius 3 is 1.93 bits per heavy atom. The zero-order valence-corrected chi connectivity index (χ0v) is 32.5. The minimum atomic E-state index is -0.0775. The summed E-state index contributed by atoms with van der Waals surface area (Å²) in [4.78, 5) is 15.6. The molecule has 3 heterocycles. The molecule has 0 bridgehead atoms. The molecule has 8 aromatic carbocycles. The maximum atomic E-state index is 6.32. The Kier molecular flexibility index (Phi) is 7.20. The maximum Gasteiger partial charge on any atom is 0.238 e. The lowest BCUT2D eigenvalue weighted by Crippen LogP contribution is -2.14. The van der Waals surface area contributed by atoms with Crippen LogP contribution in [0.4, 0.5) is 0 Å². The Balaban J connectivity index is 1.06. The standard InChI is InChI=1S/C54H36N4O/c1-54(2)45-23-9-6-18-39(45)40-28-26-35(31-46(40)54)34-16-12-17-36(30-34)38-21-13-22-44-41-19-7-10-24-47(41)58(50(38)44)53-56-51(33-14-4-3-5-15-33)55-52(57-53)37-27-29-43-42-20-8-11-25-48(42)59-49(43)32-37/h3-32H,1-2H3. The lowest BCUT2D eigenvalue weighted by molar-refractivity contribution is 0.660. The number of benzene rings is 8. The molecule has 0 radical (unpaired) electrons. The number of aromatic nitrogens is 4.